The van der Waals surface area contributed by atoms with Crippen LogP contribution >= 0.6 is 0 Å². The summed E-state index contributed by atoms with van der Waals surface area (Å²) in [4.78, 5) is 28.9. The third-order valence-corrected chi connectivity index (χ3v) is 5.48. The normalized spacial score (nSPS) is 27.7. The zero-order chi connectivity index (χ0) is 17.9. The predicted molar refractivity (Wildman–Crippen MR) is 93.2 cm³/mol. The van der Waals surface area contributed by atoms with Gasteiger partial charge in [-0.3, -0.25) is 4.90 Å². The van der Waals surface area contributed by atoms with Crippen LogP contribution in [0.5, 0.6) is 0 Å². The molecule has 0 aliphatic carbocycles. The highest BCUT2D eigenvalue weighted by Gasteiger charge is 2.57. The number of carbonyl (C=O) groups excluding carboxylic acids is 1. The van der Waals surface area contributed by atoms with E-state index in [0.717, 1.165) is 31.6 Å². The first kappa shape index (κ1) is 17.7. The monoisotopic (exact) mass is 346 g/mol. The molecule has 2 aliphatic heterocycles. The Labute approximate surface area is 148 Å². The van der Waals surface area contributed by atoms with Gasteiger partial charge in [-0.05, 0) is 31.4 Å². The second-order valence-corrected chi connectivity index (χ2v) is 6.96. The molecule has 1 aromatic carbocycles. The topological polar surface area (TPSA) is 70.1 Å². The molecule has 2 bridgehead atoms. The SMILES string of the molecule is CCCN(C(=O)OCc1ccccc1)C1(C(=O)O)CCN2CCC1C2. The molecule has 136 valence electrons. The van der Waals surface area contributed by atoms with Crippen molar-refractivity contribution in [3.05, 3.63) is 35.9 Å². The van der Waals surface area contributed by atoms with E-state index in [2.05, 4.69) is 4.90 Å². The molecule has 0 spiro atoms. The second-order valence-electron chi connectivity index (χ2n) is 6.96. The summed E-state index contributed by atoms with van der Waals surface area (Å²) < 4.78 is 5.49. The van der Waals surface area contributed by atoms with Gasteiger partial charge in [-0.1, -0.05) is 37.3 Å². The maximum Gasteiger partial charge on any atom is 0.411 e. The zero-order valence-corrected chi connectivity index (χ0v) is 14.7. The number of fused-ring (bicyclic) bond motifs is 2. The van der Waals surface area contributed by atoms with Crippen LogP contribution in [0.1, 0.15) is 31.7 Å². The van der Waals surface area contributed by atoms with E-state index in [9.17, 15) is 14.7 Å². The standard InChI is InChI=1S/C19H26N2O4/c1-2-10-21(18(24)25-14-15-6-4-3-5-7-15)19(17(22)23)9-12-20-11-8-16(19)13-20/h3-7,16H,2,8-14H2,1H3,(H,22,23). The number of hydrogen-bond acceptors (Lipinski definition) is 4. The summed E-state index contributed by atoms with van der Waals surface area (Å²) in [6.45, 7) is 4.89. The zero-order valence-electron chi connectivity index (χ0n) is 14.7. The fraction of sp³-hybridized carbons (Fsp3) is 0.579. The highest BCUT2D eigenvalue weighted by molar-refractivity contribution is 5.85. The summed E-state index contributed by atoms with van der Waals surface area (Å²) >= 11 is 0. The van der Waals surface area contributed by atoms with Crippen LogP contribution in [0.4, 0.5) is 4.79 Å². The van der Waals surface area contributed by atoms with Gasteiger partial charge in [0.25, 0.3) is 0 Å². The molecule has 2 saturated heterocycles. The van der Waals surface area contributed by atoms with Crippen molar-refractivity contribution in [3.63, 3.8) is 0 Å². The van der Waals surface area contributed by atoms with Crippen LogP contribution < -0.4 is 0 Å². The Morgan fingerprint density at radius 2 is 2.08 bits per heavy atom. The minimum Gasteiger partial charge on any atom is -0.479 e. The van der Waals surface area contributed by atoms with Crippen molar-refractivity contribution in [3.8, 4) is 0 Å². The number of ether oxygens (including phenoxy) is 1. The van der Waals surface area contributed by atoms with E-state index in [4.69, 9.17) is 4.74 Å². The van der Waals surface area contributed by atoms with Gasteiger partial charge in [0.2, 0.25) is 0 Å². The summed E-state index contributed by atoms with van der Waals surface area (Å²) in [5, 5.41) is 10.1. The molecular formula is C19H26N2O4. The fourth-order valence-corrected chi connectivity index (χ4v) is 4.19. The average molecular weight is 346 g/mol. The van der Waals surface area contributed by atoms with Crippen molar-refractivity contribution < 1.29 is 19.4 Å². The molecule has 1 aromatic rings. The molecule has 3 rings (SSSR count). The van der Waals surface area contributed by atoms with E-state index < -0.39 is 17.6 Å². The highest BCUT2D eigenvalue weighted by Crippen LogP contribution is 2.40. The fourth-order valence-electron chi connectivity index (χ4n) is 4.19. The molecule has 3 atom stereocenters. The Morgan fingerprint density at radius 3 is 2.76 bits per heavy atom. The third kappa shape index (κ3) is 3.35. The summed E-state index contributed by atoms with van der Waals surface area (Å²) in [6.07, 6.45) is 1.46. The maximum atomic E-state index is 12.8. The van der Waals surface area contributed by atoms with Gasteiger partial charge in [0.1, 0.15) is 12.1 Å². The van der Waals surface area contributed by atoms with E-state index >= 15 is 0 Å². The Bertz CT molecular complexity index is 621. The lowest BCUT2D eigenvalue weighted by Gasteiger charge is -2.46. The molecule has 1 amide bonds. The Hall–Kier alpha value is -2.08. The van der Waals surface area contributed by atoms with Gasteiger partial charge in [0, 0.05) is 25.6 Å². The maximum absolute atomic E-state index is 12.8. The third-order valence-electron chi connectivity index (χ3n) is 5.48. The van der Waals surface area contributed by atoms with Gasteiger partial charge >= 0.3 is 12.1 Å². The van der Waals surface area contributed by atoms with Crippen LogP contribution in [0.3, 0.4) is 0 Å². The smallest absolute Gasteiger partial charge is 0.411 e. The van der Waals surface area contributed by atoms with Crippen molar-refractivity contribution in [2.24, 2.45) is 5.92 Å². The van der Waals surface area contributed by atoms with Gasteiger partial charge in [-0.2, -0.15) is 0 Å². The number of carboxylic acids is 1. The van der Waals surface area contributed by atoms with Crippen molar-refractivity contribution >= 4 is 12.1 Å². The Balaban J connectivity index is 1.80. The van der Waals surface area contributed by atoms with Gasteiger partial charge in [-0.25, -0.2) is 9.59 Å². The molecule has 6 nitrogen and oxygen atoms in total. The molecule has 0 radical (unpaired) electrons. The lowest BCUT2D eigenvalue weighted by atomic mass is 9.77. The number of rotatable bonds is 6. The quantitative estimate of drug-likeness (QED) is 0.857. The average Bonchev–Trinajstić information content (AvgIpc) is 3.02. The Kier molecular flexibility index (Phi) is 5.27. The van der Waals surface area contributed by atoms with Gasteiger partial charge in [0.05, 0.1) is 0 Å². The van der Waals surface area contributed by atoms with Gasteiger partial charge < -0.3 is 14.7 Å². The summed E-state index contributed by atoms with van der Waals surface area (Å²) in [7, 11) is 0. The lowest BCUT2D eigenvalue weighted by Crippen LogP contribution is -2.64. The van der Waals surface area contributed by atoms with Crippen LogP contribution in [0.15, 0.2) is 30.3 Å². The number of nitrogens with zero attached hydrogens (tertiary/aromatic N) is 2. The van der Waals surface area contributed by atoms with E-state index in [0.29, 0.717) is 19.4 Å². The van der Waals surface area contributed by atoms with Crippen LogP contribution in [0.25, 0.3) is 0 Å². The molecule has 6 heteroatoms. The summed E-state index contributed by atoms with van der Waals surface area (Å²) in [5.74, 6) is -0.932. The number of piperidine rings is 1. The number of carbonyl (C=O) groups is 2. The lowest BCUT2D eigenvalue weighted by molar-refractivity contribution is -0.157. The van der Waals surface area contributed by atoms with Crippen LogP contribution in [-0.4, -0.2) is 58.7 Å². The minimum atomic E-state index is -1.14. The van der Waals surface area contributed by atoms with Gasteiger partial charge in [0.15, 0.2) is 0 Å². The number of benzene rings is 1. The first-order valence-electron chi connectivity index (χ1n) is 9.02. The number of aliphatic carboxylic acids is 1. The summed E-state index contributed by atoms with van der Waals surface area (Å²) in [6, 6.07) is 9.46. The molecule has 25 heavy (non-hydrogen) atoms. The molecule has 0 saturated carbocycles. The van der Waals surface area contributed by atoms with E-state index in [-0.39, 0.29) is 12.5 Å². The molecule has 2 heterocycles. The van der Waals surface area contributed by atoms with Crippen molar-refractivity contribution in [2.75, 3.05) is 26.2 Å². The molecule has 0 aromatic heterocycles. The van der Waals surface area contributed by atoms with E-state index in [1.54, 1.807) is 0 Å². The van der Waals surface area contributed by atoms with Gasteiger partial charge in [-0.15, -0.1) is 0 Å². The molecule has 3 unspecified atom stereocenters. The van der Waals surface area contributed by atoms with Crippen LogP contribution in [0, 0.1) is 5.92 Å². The largest absolute Gasteiger partial charge is 0.479 e. The van der Waals surface area contributed by atoms with E-state index in [1.807, 2.05) is 37.3 Å². The van der Waals surface area contributed by atoms with Crippen molar-refractivity contribution in [2.45, 2.75) is 38.3 Å². The molecule has 2 fully saturated rings. The van der Waals surface area contributed by atoms with Crippen LogP contribution in [0.2, 0.25) is 0 Å². The van der Waals surface area contributed by atoms with Crippen molar-refractivity contribution in [1.29, 1.82) is 0 Å². The molecular weight excluding hydrogens is 320 g/mol. The number of hydrogen-bond donors (Lipinski definition) is 1. The summed E-state index contributed by atoms with van der Waals surface area (Å²) in [5.41, 5.74) is -0.246. The number of carboxylic acid groups (broad SMARTS) is 1. The first-order valence-corrected chi connectivity index (χ1v) is 9.02. The van der Waals surface area contributed by atoms with Crippen LogP contribution in [-0.2, 0) is 16.1 Å². The first-order chi connectivity index (χ1) is 12.1. The van der Waals surface area contributed by atoms with Crippen molar-refractivity contribution in [1.82, 2.24) is 9.80 Å². The Morgan fingerprint density at radius 1 is 1.32 bits per heavy atom. The predicted octanol–water partition coefficient (Wildman–Crippen LogP) is 2.58. The second kappa shape index (κ2) is 7.44. The van der Waals surface area contributed by atoms with E-state index in [1.165, 1.54) is 4.90 Å². The minimum absolute atomic E-state index is 0.0328. The molecule has 2 aliphatic rings. The highest BCUT2D eigenvalue weighted by atomic mass is 16.6. The number of amides is 1. The molecule has 1 N–H and O–H groups in total.